The summed E-state index contributed by atoms with van der Waals surface area (Å²) in [5.74, 6) is 0. The quantitative estimate of drug-likeness (QED) is 0.810. The van der Waals surface area contributed by atoms with Gasteiger partial charge in [0.1, 0.15) is 0 Å². The molecule has 2 rings (SSSR count). The van der Waals surface area contributed by atoms with Crippen molar-refractivity contribution in [3.8, 4) is 0 Å². The number of hydrogen-bond acceptors (Lipinski definition) is 2. The minimum atomic E-state index is 0.525. The molecule has 0 aliphatic carbocycles. The topological polar surface area (TPSA) is 24.9 Å². The molecule has 0 fully saturated rings. The Bertz CT molecular complexity index is 534. The number of aromatic nitrogens is 1. The number of rotatable bonds is 7. The molecule has 0 spiro atoms. The van der Waals surface area contributed by atoms with E-state index in [1.54, 1.807) is 0 Å². The second kappa shape index (κ2) is 7.39. The maximum Gasteiger partial charge on any atom is 0.0705 e. The Morgan fingerprint density at radius 1 is 1.10 bits per heavy atom. The summed E-state index contributed by atoms with van der Waals surface area (Å²) in [5.41, 5.74) is 2.29. The van der Waals surface area contributed by atoms with Crippen LogP contribution < -0.4 is 5.32 Å². The molecule has 0 saturated heterocycles. The molecule has 1 unspecified atom stereocenters. The van der Waals surface area contributed by atoms with Crippen LogP contribution in [-0.2, 0) is 6.42 Å². The fourth-order valence-corrected chi connectivity index (χ4v) is 2.64. The van der Waals surface area contributed by atoms with Crippen molar-refractivity contribution in [2.45, 2.75) is 58.5 Å². The van der Waals surface area contributed by atoms with Gasteiger partial charge in [0.2, 0.25) is 0 Å². The van der Waals surface area contributed by atoms with Crippen LogP contribution in [0.5, 0.6) is 0 Å². The van der Waals surface area contributed by atoms with E-state index in [4.69, 9.17) is 4.98 Å². The third kappa shape index (κ3) is 4.31. The Morgan fingerprint density at radius 2 is 1.90 bits per heavy atom. The molecule has 20 heavy (non-hydrogen) atoms. The fourth-order valence-electron chi connectivity index (χ4n) is 2.64. The van der Waals surface area contributed by atoms with E-state index in [9.17, 15) is 0 Å². The van der Waals surface area contributed by atoms with Crippen molar-refractivity contribution < 1.29 is 0 Å². The van der Waals surface area contributed by atoms with Crippen molar-refractivity contribution >= 4 is 10.9 Å². The van der Waals surface area contributed by atoms with Crippen molar-refractivity contribution in [2.24, 2.45) is 0 Å². The zero-order chi connectivity index (χ0) is 14.4. The van der Waals surface area contributed by atoms with Gasteiger partial charge in [-0.15, -0.1) is 0 Å². The summed E-state index contributed by atoms with van der Waals surface area (Å²) < 4.78 is 0. The number of pyridine rings is 1. The molecule has 0 radical (unpaired) electrons. The summed E-state index contributed by atoms with van der Waals surface area (Å²) in [6, 6.07) is 13.7. The molecule has 1 heterocycles. The first-order valence-electron chi connectivity index (χ1n) is 7.79. The largest absolute Gasteiger partial charge is 0.311 e. The first kappa shape index (κ1) is 15.0. The maximum absolute atomic E-state index is 4.79. The highest BCUT2D eigenvalue weighted by molar-refractivity contribution is 5.78. The summed E-state index contributed by atoms with van der Waals surface area (Å²) >= 11 is 0. The average Bonchev–Trinajstić information content (AvgIpc) is 2.44. The van der Waals surface area contributed by atoms with E-state index < -0.39 is 0 Å². The Hall–Kier alpha value is -1.41. The van der Waals surface area contributed by atoms with Gasteiger partial charge in [0.15, 0.2) is 0 Å². The molecule has 2 heteroatoms. The Labute approximate surface area is 122 Å². The number of benzene rings is 1. The summed E-state index contributed by atoms with van der Waals surface area (Å²) in [4.78, 5) is 4.79. The fraction of sp³-hybridized carbons (Fsp3) is 0.500. The highest BCUT2D eigenvalue weighted by atomic mass is 14.9. The number of nitrogens with zero attached hydrogens (tertiary/aromatic N) is 1. The zero-order valence-electron chi connectivity index (χ0n) is 12.9. The van der Waals surface area contributed by atoms with Gasteiger partial charge in [-0.05, 0) is 18.6 Å². The standard InChI is InChI=1S/C18H26N2/c1-4-5-9-16(19-14(2)3)13-17-12-11-15-8-6-7-10-18(15)20-17/h6-8,10-12,14,16,19H,4-5,9,13H2,1-3H3. The Morgan fingerprint density at radius 3 is 2.65 bits per heavy atom. The predicted octanol–water partition coefficient (Wildman–Crippen LogP) is 4.33. The molecule has 1 N–H and O–H groups in total. The lowest BCUT2D eigenvalue weighted by Gasteiger charge is -2.21. The zero-order valence-corrected chi connectivity index (χ0v) is 12.9. The van der Waals surface area contributed by atoms with Crippen LogP contribution in [-0.4, -0.2) is 17.1 Å². The second-order valence-corrected chi connectivity index (χ2v) is 5.86. The van der Waals surface area contributed by atoms with Gasteiger partial charge in [-0.2, -0.15) is 0 Å². The molecule has 0 bridgehead atoms. The van der Waals surface area contributed by atoms with Gasteiger partial charge >= 0.3 is 0 Å². The highest BCUT2D eigenvalue weighted by Gasteiger charge is 2.11. The molecule has 0 saturated carbocycles. The second-order valence-electron chi connectivity index (χ2n) is 5.86. The normalized spacial score (nSPS) is 13.0. The Kier molecular flexibility index (Phi) is 5.54. The van der Waals surface area contributed by atoms with E-state index in [1.807, 2.05) is 0 Å². The van der Waals surface area contributed by atoms with Gasteiger partial charge in [-0.25, -0.2) is 0 Å². The predicted molar refractivity (Wildman–Crippen MR) is 87.0 cm³/mol. The van der Waals surface area contributed by atoms with E-state index in [2.05, 4.69) is 62.5 Å². The van der Waals surface area contributed by atoms with Crippen LogP contribution in [0.25, 0.3) is 10.9 Å². The lowest BCUT2D eigenvalue weighted by Crippen LogP contribution is -2.36. The monoisotopic (exact) mass is 270 g/mol. The van der Waals surface area contributed by atoms with Crippen LogP contribution in [0.1, 0.15) is 45.7 Å². The van der Waals surface area contributed by atoms with E-state index in [1.165, 1.54) is 30.3 Å². The highest BCUT2D eigenvalue weighted by Crippen LogP contribution is 2.14. The van der Waals surface area contributed by atoms with Crippen molar-refractivity contribution in [2.75, 3.05) is 0 Å². The number of para-hydroxylation sites is 1. The summed E-state index contributed by atoms with van der Waals surface area (Å²) in [6.07, 6.45) is 4.77. The van der Waals surface area contributed by atoms with E-state index >= 15 is 0 Å². The average molecular weight is 270 g/mol. The third-order valence-electron chi connectivity index (χ3n) is 3.59. The van der Waals surface area contributed by atoms with Crippen molar-refractivity contribution in [1.82, 2.24) is 10.3 Å². The molecule has 2 aromatic rings. The van der Waals surface area contributed by atoms with Gasteiger partial charge in [0.25, 0.3) is 0 Å². The minimum Gasteiger partial charge on any atom is -0.311 e. The van der Waals surface area contributed by atoms with Gasteiger partial charge in [0, 0.05) is 29.6 Å². The molecule has 2 nitrogen and oxygen atoms in total. The third-order valence-corrected chi connectivity index (χ3v) is 3.59. The SMILES string of the molecule is CCCCC(Cc1ccc2ccccc2n1)NC(C)C. The molecule has 1 atom stereocenters. The van der Waals surface area contributed by atoms with Crippen molar-refractivity contribution in [3.63, 3.8) is 0 Å². The van der Waals surface area contributed by atoms with Crippen LogP contribution in [0.2, 0.25) is 0 Å². The summed E-state index contributed by atoms with van der Waals surface area (Å²) in [7, 11) is 0. The lowest BCUT2D eigenvalue weighted by atomic mass is 10.0. The lowest BCUT2D eigenvalue weighted by molar-refractivity contribution is 0.422. The van der Waals surface area contributed by atoms with Crippen LogP contribution in [0.3, 0.4) is 0 Å². The van der Waals surface area contributed by atoms with Crippen molar-refractivity contribution in [3.05, 3.63) is 42.1 Å². The van der Waals surface area contributed by atoms with Crippen LogP contribution in [0.15, 0.2) is 36.4 Å². The van der Waals surface area contributed by atoms with Gasteiger partial charge in [-0.1, -0.05) is 57.9 Å². The number of unbranched alkanes of at least 4 members (excludes halogenated alkanes) is 1. The Balaban J connectivity index is 2.10. The molecule has 1 aromatic carbocycles. The maximum atomic E-state index is 4.79. The number of fused-ring (bicyclic) bond motifs is 1. The molecule has 1 aromatic heterocycles. The number of hydrogen-bond donors (Lipinski definition) is 1. The van der Waals surface area contributed by atoms with E-state index in [-0.39, 0.29) is 0 Å². The molecular formula is C18H26N2. The van der Waals surface area contributed by atoms with E-state index in [0.29, 0.717) is 12.1 Å². The number of nitrogens with one attached hydrogen (secondary N) is 1. The molecule has 0 amide bonds. The first-order chi connectivity index (χ1) is 9.69. The molecule has 0 aliphatic rings. The van der Waals surface area contributed by atoms with Crippen molar-refractivity contribution in [1.29, 1.82) is 0 Å². The van der Waals surface area contributed by atoms with Gasteiger partial charge in [0.05, 0.1) is 5.52 Å². The van der Waals surface area contributed by atoms with Crippen LogP contribution in [0, 0.1) is 0 Å². The first-order valence-corrected chi connectivity index (χ1v) is 7.79. The molecule has 108 valence electrons. The summed E-state index contributed by atoms with van der Waals surface area (Å²) in [6.45, 7) is 6.68. The van der Waals surface area contributed by atoms with Gasteiger partial charge < -0.3 is 5.32 Å². The van der Waals surface area contributed by atoms with Gasteiger partial charge in [-0.3, -0.25) is 4.98 Å². The summed E-state index contributed by atoms with van der Waals surface area (Å²) in [5, 5.41) is 4.89. The van der Waals surface area contributed by atoms with E-state index in [0.717, 1.165) is 11.9 Å². The molecular weight excluding hydrogens is 244 g/mol. The van der Waals surface area contributed by atoms with Crippen LogP contribution in [0.4, 0.5) is 0 Å². The molecule has 0 aliphatic heterocycles. The van der Waals surface area contributed by atoms with Crippen LogP contribution >= 0.6 is 0 Å². The smallest absolute Gasteiger partial charge is 0.0705 e. The minimum absolute atomic E-state index is 0.525.